The Bertz CT molecular complexity index is 1170. The van der Waals surface area contributed by atoms with Gasteiger partial charge in [0.25, 0.3) is 17.7 Å². The van der Waals surface area contributed by atoms with Gasteiger partial charge in [0.15, 0.2) is 0 Å². The number of carbonyl (C=O) groups excluding carboxylic acids is 3. The molecule has 0 aliphatic carbocycles. The second-order valence-electron chi connectivity index (χ2n) is 7.56. The fraction of sp³-hybridized carbons (Fsp3) is 0.208. The second-order valence-corrected chi connectivity index (χ2v) is 8.91. The van der Waals surface area contributed by atoms with Crippen LogP contribution in [0, 0.1) is 6.92 Å². The third-order valence-electron chi connectivity index (χ3n) is 5.43. The van der Waals surface area contributed by atoms with Crippen molar-refractivity contribution < 1.29 is 14.4 Å². The van der Waals surface area contributed by atoms with Gasteiger partial charge in [-0.05, 0) is 67.1 Å². The number of likely N-dealkylation sites (tertiary alicyclic amines) is 1. The lowest BCUT2D eigenvalue weighted by atomic mass is 10.0. The molecule has 164 valence electrons. The van der Waals surface area contributed by atoms with Crippen LogP contribution in [0.5, 0.6) is 0 Å². The van der Waals surface area contributed by atoms with E-state index in [1.54, 1.807) is 42.5 Å². The standard InChI is InChI=1S/C24H22ClN3O3S/c1-15-17(24(31)28-11-2-3-12-28)6-4-7-19(15)26-22(29)16-9-10-18(25)20(14-16)27-23(30)21-8-5-13-32-21/h4-10,13-14H,2-3,11-12H2,1H3,(H,26,29)(H,27,30). The van der Waals surface area contributed by atoms with E-state index >= 15 is 0 Å². The highest BCUT2D eigenvalue weighted by Crippen LogP contribution is 2.26. The summed E-state index contributed by atoms with van der Waals surface area (Å²) in [4.78, 5) is 40.5. The van der Waals surface area contributed by atoms with Crippen LogP contribution in [0.3, 0.4) is 0 Å². The summed E-state index contributed by atoms with van der Waals surface area (Å²) in [6.07, 6.45) is 2.03. The zero-order valence-electron chi connectivity index (χ0n) is 17.5. The molecular weight excluding hydrogens is 446 g/mol. The minimum atomic E-state index is -0.359. The van der Waals surface area contributed by atoms with Crippen LogP contribution < -0.4 is 10.6 Å². The number of benzene rings is 2. The molecule has 4 rings (SSSR count). The third-order valence-corrected chi connectivity index (χ3v) is 6.63. The van der Waals surface area contributed by atoms with Gasteiger partial charge in [0.05, 0.1) is 15.6 Å². The van der Waals surface area contributed by atoms with E-state index in [1.807, 2.05) is 17.2 Å². The average molecular weight is 468 g/mol. The van der Waals surface area contributed by atoms with E-state index in [-0.39, 0.29) is 17.7 Å². The molecule has 1 saturated heterocycles. The van der Waals surface area contributed by atoms with Crippen LogP contribution in [0.2, 0.25) is 5.02 Å². The highest BCUT2D eigenvalue weighted by atomic mass is 35.5. The average Bonchev–Trinajstić information content (AvgIpc) is 3.50. The number of thiophene rings is 1. The monoisotopic (exact) mass is 467 g/mol. The number of anilines is 2. The molecule has 0 bridgehead atoms. The summed E-state index contributed by atoms with van der Waals surface area (Å²) < 4.78 is 0. The molecule has 2 N–H and O–H groups in total. The summed E-state index contributed by atoms with van der Waals surface area (Å²) >= 11 is 7.54. The predicted octanol–water partition coefficient (Wildman–Crippen LogP) is 5.45. The van der Waals surface area contributed by atoms with Crippen LogP contribution in [-0.2, 0) is 0 Å². The molecule has 3 amide bonds. The Hall–Kier alpha value is -3.16. The lowest BCUT2D eigenvalue weighted by Crippen LogP contribution is -2.28. The number of amides is 3. The van der Waals surface area contributed by atoms with Crippen LogP contribution in [0.1, 0.15) is 48.8 Å². The fourth-order valence-corrected chi connectivity index (χ4v) is 4.43. The van der Waals surface area contributed by atoms with Crippen LogP contribution in [0.4, 0.5) is 11.4 Å². The van der Waals surface area contributed by atoms with Crippen molar-refractivity contribution in [3.8, 4) is 0 Å². The van der Waals surface area contributed by atoms with Gasteiger partial charge in [0, 0.05) is 29.9 Å². The van der Waals surface area contributed by atoms with Gasteiger partial charge in [0.1, 0.15) is 0 Å². The molecule has 1 fully saturated rings. The number of carbonyl (C=O) groups is 3. The van der Waals surface area contributed by atoms with Crippen molar-refractivity contribution in [2.75, 3.05) is 23.7 Å². The molecule has 3 aromatic rings. The lowest BCUT2D eigenvalue weighted by Gasteiger charge is -2.18. The van der Waals surface area contributed by atoms with Crippen LogP contribution >= 0.6 is 22.9 Å². The van der Waals surface area contributed by atoms with Gasteiger partial charge in [-0.2, -0.15) is 0 Å². The highest BCUT2D eigenvalue weighted by Gasteiger charge is 2.22. The molecule has 32 heavy (non-hydrogen) atoms. The van der Waals surface area contributed by atoms with E-state index in [9.17, 15) is 14.4 Å². The summed E-state index contributed by atoms with van der Waals surface area (Å²) in [5, 5.41) is 7.77. The highest BCUT2D eigenvalue weighted by molar-refractivity contribution is 7.12. The lowest BCUT2D eigenvalue weighted by molar-refractivity contribution is 0.0791. The molecule has 6 nitrogen and oxygen atoms in total. The Morgan fingerprint density at radius 1 is 0.938 bits per heavy atom. The van der Waals surface area contributed by atoms with Crippen molar-refractivity contribution in [3.05, 3.63) is 80.5 Å². The SMILES string of the molecule is Cc1c(NC(=O)c2ccc(Cl)c(NC(=O)c3cccs3)c2)cccc1C(=O)N1CCCC1. The van der Waals surface area contributed by atoms with Crippen molar-refractivity contribution in [3.63, 3.8) is 0 Å². The number of hydrogen-bond donors (Lipinski definition) is 2. The summed E-state index contributed by atoms with van der Waals surface area (Å²) in [6, 6.07) is 13.5. The third kappa shape index (κ3) is 4.69. The number of nitrogens with one attached hydrogen (secondary N) is 2. The van der Waals surface area contributed by atoms with Crippen molar-refractivity contribution in [2.24, 2.45) is 0 Å². The van der Waals surface area contributed by atoms with E-state index < -0.39 is 0 Å². The van der Waals surface area contributed by atoms with E-state index in [0.717, 1.165) is 31.5 Å². The summed E-state index contributed by atoms with van der Waals surface area (Å²) in [5.41, 5.74) is 2.57. The van der Waals surface area contributed by atoms with Crippen LogP contribution in [0.25, 0.3) is 0 Å². The van der Waals surface area contributed by atoms with Crippen LogP contribution in [-0.4, -0.2) is 35.7 Å². The number of halogens is 1. The first-order valence-corrected chi connectivity index (χ1v) is 11.5. The largest absolute Gasteiger partial charge is 0.339 e. The van der Waals surface area contributed by atoms with Gasteiger partial charge in [-0.1, -0.05) is 23.7 Å². The molecule has 1 aliphatic rings. The maximum Gasteiger partial charge on any atom is 0.265 e. The fourth-order valence-electron chi connectivity index (χ4n) is 3.64. The van der Waals surface area contributed by atoms with Gasteiger partial charge in [-0.15, -0.1) is 11.3 Å². The summed E-state index contributed by atoms with van der Waals surface area (Å²) in [6.45, 7) is 3.35. The van der Waals surface area contributed by atoms with E-state index in [1.165, 1.54) is 17.4 Å². The van der Waals surface area contributed by atoms with E-state index in [2.05, 4.69) is 10.6 Å². The maximum atomic E-state index is 12.9. The second kappa shape index (κ2) is 9.54. The van der Waals surface area contributed by atoms with Crippen LogP contribution in [0.15, 0.2) is 53.9 Å². The summed E-state index contributed by atoms with van der Waals surface area (Å²) in [7, 11) is 0. The minimum absolute atomic E-state index is 0.0128. The zero-order chi connectivity index (χ0) is 22.7. The molecular formula is C24H22ClN3O3S. The number of rotatable bonds is 5. The minimum Gasteiger partial charge on any atom is -0.339 e. The predicted molar refractivity (Wildman–Crippen MR) is 128 cm³/mol. The topological polar surface area (TPSA) is 78.5 Å². The van der Waals surface area contributed by atoms with E-state index in [0.29, 0.717) is 32.4 Å². The quantitative estimate of drug-likeness (QED) is 0.523. The zero-order valence-corrected chi connectivity index (χ0v) is 19.1. The molecule has 2 aromatic carbocycles. The molecule has 0 atom stereocenters. The molecule has 0 saturated carbocycles. The Morgan fingerprint density at radius 2 is 1.69 bits per heavy atom. The van der Waals surface area contributed by atoms with E-state index in [4.69, 9.17) is 11.6 Å². The Labute approximate surface area is 195 Å². The normalized spacial score (nSPS) is 13.1. The first-order valence-electron chi connectivity index (χ1n) is 10.3. The number of nitrogens with zero attached hydrogens (tertiary/aromatic N) is 1. The van der Waals surface area contributed by atoms with Crippen molar-refractivity contribution in [1.82, 2.24) is 4.90 Å². The van der Waals surface area contributed by atoms with Crippen molar-refractivity contribution in [2.45, 2.75) is 19.8 Å². The summed E-state index contributed by atoms with van der Waals surface area (Å²) in [5.74, 6) is -0.660. The van der Waals surface area contributed by atoms with Crippen molar-refractivity contribution in [1.29, 1.82) is 0 Å². The van der Waals surface area contributed by atoms with Gasteiger partial charge in [-0.25, -0.2) is 0 Å². The maximum absolute atomic E-state index is 12.9. The Morgan fingerprint density at radius 3 is 2.41 bits per heavy atom. The molecule has 1 aromatic heterocycles. The molecule has 0 radical (unpaired) electrons. The molecule has 0 spiro atoms. The van der Waals surface area contributed by atoms with Gasteiger partial charge >= 0.3 is 0 Å². The van der Waals surface area contributed by atoms with Crippen molar-refractivity contribution >= 4 is 52.0 Å². The Balaban J connectivity index is 1.52. The first-order chi connectivity index (χ1) is 15.4. The molecule has 1 aliphatic heterocycles. The first kappa shape index (κ1) is 22.0. The number of hydrogen-bond acceptors (Lipinski definition) is 4. The molecule has 8 heteroatoms. The van der Waals surface area contributed by atoms with Gasteiger partial charge < -0.3 is 15.5 Å². The smallest absolute Gasteiger partial charge is 0.265 e. The van der Waals surface area contributed by atoms with Gasteiger partial charge in [-0.3, -0.25) is 14.4 Å². The Kier molecular flexibility index (Phi) is 6.58. The molecule has 0 unspecified atom stereocenters. The van der Waals surface area contributed by atoms with Gasteiger partial charge in [0.2, 0.25) is 0 Å². The molecule has 2 heterocycles.